The number of ether oxygens (including phenoxy) is 2. The third-order valence-corrected chi connectivity index (χ3v) is 3.73. The summed E-state index contributed by atoms with van der Waals surface area (Å²) >= 11 is 0. The Morgan fingerprint density at radius 2 is 1.74 bits per heavy atom. The second-order valence-corrected chi connectivity index (χ2v) is 5.28. The Morgan fingerprint density at radius 1 is 1.00 bits per heavy atom. The van der Waals surface area contributed by atoms with Crippen molar-refractivity contribution in [1.82, 2.24) is 9.90 Å². The van der Waals surface area contributed by atoms with Crippen LogP contribution in [0.1, 0.15) is 5.56 Å². The summed E-state index contributed by atoms with van der Waals surface area (Å²) < 4.78 is 14.4. The third kappa shape index (κ3) is 3.18. The molecule has 0 amide bonds. The molecule has 0 atom stereocenters. The van der Waals surface area contributed by atoms with E-state index in [4.69, 9.17) is 9.47 Å². The maximum Gasteiger partial charge on any atom is 0.197 e. The minimum atomic E-state index is 0.668. The zero-order chi connectivity index (χ0) is 16.2. The van der Waals surface area contributed by atoms with Crippen LogP contribution in [0.5, 0.6) is 11.5 Å². The predicted octanol–water partition coefficient (Wildman–Crippen LogP) is 2.44. The number of nitrogens with zero attached hydrogens (tertiary/aromatic N) is 3. The van der Waals surface area contributed by atoms with Crippen LogP contribution in [0, 0.1) is 0 Å². The van der Waals surface area contributed by atoms with E-state index in [2.05, 4.69) is 17.3 Å². The zero-order valence-electron chi connectivity index (χ0n) is 13.6. The number of aryl methyl sites for hydroxylation is 1. The number of hydrogen-bond acceptors (Lipinski definition) is 3. The van der Waals surface area contributed by atoms with Crippen molar-refractivity contribution in [2.45, 2.75) is 6.54 Å². The molecule has 0 saturated heterocycles. The summed E-state index contributed by atoms with van der Waals surface area (Å²) in [6.45, 7) is 0.668. The second-order valence-electron chi connectivity index (χ2n) is 5.28. The van der Waals surface area contributed by atoms with E-state index in [0.717, 1.165) is 28.3 Å². The van der Waals surface area contributed by atoms with Crippen molar-refractivity contribution in [1.29, 1.82) is 0 Å². The number of hydrogen-bond donors (Lipinski definition) is 0. The third-order valence-electron chi connectivity index (χ3n) is 3.73. The standard InChI is InChI=1S/C18H20N3O2/c1-20-16(15-7-5-4-6-8-15)13-21(19-20)12-14-9-10-17(22-2)18(11-14)23-3/h4-11,13H,12H2,1-3H3/q+1. The molecule has 23 heavy (non-hydrogen) atoms. The van der Waals surface area contributed by atoms with Gasteiger partial charge in [0, 0.05) is 5.56 Å². The first kappa shape index (κ1) is 15.1. The van der Waals surface area contributed by atoms with Crippen molar-refractivity contribution < 1.29 is 14.2 Å². The fraction of sp³-hybridized carbons (Fsp3) is 0.222. The van der Waals surface area contributed by atoms with Gasteiger partial charge in [-0.05, 0) is 17.7 Å². The Balaban J connectivity index is 1.87. The van der Waals surface area contributed by atoms with Gasteiger partial charge in [0.2, 0.25) is 0 Å². The van der Waals surface area contributed by atoms with Crippen molar-refractivity contribution in [2.24, 2.45) is 7.05 Å². The largest absolute Gasteiger partial charge is 0.493 e. The van der Waals surface area contributed by atoms with Crippen LogP contribution in [-0.2, 0) is 13.6 Å². The lowest BCUT2D eigenvalue weighted by atomic mass is 10.1. The highest BCUT2D eigenvalue weighted by atomic mass is 16.5. The summed E-state index contributed by atoms with van der Waals surface area (Å²) in [6, 6.07) is 16.1. The molecule has 0 aliphatic heterocycles. The highest BCUT2D eigenvalue weighted by molar-refractivity contribution is 5.57. The minimum Gasteiger partial charge on any atom is -0.493 e. The molecule has 5 nitrogen and oxygen atoms in total. The molecule has 0 saturated carbocycles. The van der Waals surface area contributed by atoms with Crippen molar-refractivity contribution in [3.8, 4) is 22.8 Å². The van der Waals surface area contributed by atoms with Crippen LogP contribution in [0.15, 0.2) is 54.7 Å². The molecule has 0 fully saturated rings. The van der Waals surface area contributed by atoms with E-state index in [1.807, 2.05) is 59.0 Å². The summed E-state index contributed by atoms with van der Waals surface area (Å²) in [5.41, 5.74) is 3.32. The molecular formula is C18H20N3O2+. The average Bonchev–Trinajstić information content (AvgIpc) is 2.95. The molecule has 1 aromatic heterocycles. The Kier molecular flexibility index (Phi) is 4.28. The lowest BCUT2D eigenvalue weighted by molar-refractivity contribution is -0.747. The summed E-state index contributed by atoms with van der Waals surface area (Å²) in [5, 5.41) is 4.54. The summed E-state index contributed by atoms with van der Waals surface area (Å²) in [7, 11) is 5.23. The van der Waals surface area contributed by atoms with Gasteiger partial charge in [-0.25, -0.2) is 0 Å². The molecule has 118 valence electrons. The van der Waals surface area contributed by atoms with Gasteiger partial charge in [0.15, 0.2) is 23.4 Å². The van der Waals surface area contributed by atoms with E-state index in [1.54, 1.807) is 14.2 Å². The smallest absolute Gasteiger partial charge is 0.197 e. The minimum absolute atomic E-state index is 0.668. The van der Waals surface area contributed by atoms with Gasteiger partial charge in [0.1, 0.15) is 13.6 Å². The predicted molar refractivity (Wildman–Crippen MR) is 87.5 cm³/mol. The number of aromatic nitrogens is 3. The average molecular weight is 310 g/mol. The fourth-order valence-corrected chi connectivity index (χ4v) is 2.58. The number of benzene rings is 2. The Bertz CT molecular complexity index is 797. The van der Waals surface area contributed by atoms with Gasteiger partial charge < -0.3 is 9.47 Å². The van der Waals surface area contributed by atoms with Crippen molar-refractivity contribution in [3.05, 3.63) is 60.3 Å². The van der Waals surface area contributed by atoms with E-state index in [1.165, 1.54) is 0 Å². The van der Waals surface area contributed by atoms with E-state index in [-0.39, 0.29) is 0 Å². The molecule has 0 radical (unpaired) electrons. The van der Waals surface area contributed by atoms with Crippen molar-refractivity contribution in [2.75, 3.05) is 14.2 Å². The normalized spacial score (nSPS) is 10.6. The molecule has 0 spiro atoms. The van der Waals surface area contributed by atoms with E-state index >= 15 is 0 Å². The van der Waals surface area contributed by atoms with Gasteiger partial charge in [-0.1, -0.05) is 36.4 Å². The van der Waals surface area contributed by atoms with E-state index < -0.39 is 0 Å². The lowest BCUT2D eigenvalue weighted by Crippen LogP contribution is -2.36. The highest BCUT2D eigenvalue weighted by Gasteiger charge is 2.15. The fourth-order valence-electron chi connectivity index (χ4n) is 2.58. The molecule has 0 aliphatic rings. The lowest BCUT2D eigenvalue weighted by Gasteiger charge is -2.08. The van der Waals surface area contributed by atoms with Gasteiger partial charge in [-0.2, -0.15) is 0 Å². The van der Waals surface area contributed by atoms with E-state index in [9.17, 15) is 0 Å². The van der Waals surface area contributed by atoms with Crippen LogP contribution in [0.4, 0.5) is 0 Å². The van der Waals surface area contributed by atoms with Gasteiger partial charge in [0.25, 0.3) is 0 Å². The first-order valence-corrected chi connectivity index (χ1v) is 7.41. The summed E-state index contributed by atoms with van der Waals surface area (Å²) in [4.78, 5) is 0. The summed E-state index contributed by atoms with van der Waals surface area (Å²) in [6.07, 6.45) is 2.05. The van der Waals surface area contributed by atoms with Crippen molar-refractivity contribution in [3.63, 3.8) is 0 Å². The first-order valence-electron chi connectivity index (χ1n) is 7.41. The first-order chi connectivity index (χ1) is 11.2. The SMILES string of the molecule is COc1ccc(C[n+]2cc(-c3ccccc3)n(C)n2)cc1OC. The maximum absolute atomic E-state index is 5.35. The van der Waals surface area contributed by atoms with Crippen LogP contribution in [0.2, 0.25) is 0 Å². The molecule has 5 heteroatoms. The Labute approximate surface area is 135 Å². The van der Waals surface area contributed by atoms with Gasteiger partial charge in [0.05, 0.1) is 19.4 Å². The Hall–Kier alpha value is -2.82. The number of methoxy groups -OCH3 is 2. The molecule has 0 N–H and O–H groups in total. The molecule has 3 rings (SSSR count). The van der Waals surface area contributed by atoms with Crippen molar-refractivity contribution >= 4 is 0 Å². The van der Waals surface area contributed by atoms with Crippen LogP contribution < -0.4 is 14.2 Å². The quantitative estimate of drug-likeness (QED) is 0.680. The molecule has 3 aromatic rings. The molecule has 2 aromatic carbocycles. The Morgan fingerprint density at radius 3 is 2.43 bits per heavy atom. The highest BCUT2D eigenvalue weighted by Crippen LogP contribution is 2.27. The second kappa shape index (κ2) is 6.52. The van der Waals surface area contributed by atoms with Gasteiger partial charge in [-0.3, -0.25) is 0 Å². The van der Waals surface area contributed by atoms with Gasteiger partial charge in [-0.15, -0.1) is 9.36 Å². The van der Waals surface area contributed by atoms with Crippen LogP contribution in [0.25, 0.3) is 11.3 Å². The van der Waals surface area contributed by atoms with Gasteiger partial charge >= 0.3 is 0 Å². The molecule has 1 heterocycles. The molecule has 0 aliphatic carbocycles. The monoisotopic (exact) mass is 310 g/mol. The zero-order valence-corrected chi connectivity index (χ0v) is 13.6. The van der Waals surface area contributed by atoms with E-state index in [0.29, 0.717) is 6.54 Å². The summed E-state index contributed by atoms with van der Waals surface area (Å²) in [5.74, 6) is 1.46. The maximum atomic E-state index is 5.35. The van der Waals surface area contributed by atoms with Crippen LogP contribution >= 0.6 is 0 Å². The topological polar surface area (TPSA) is 40.2 Å². The van der Waals surface area contributed by atoms with Crippen LogP contribution in [0.3, 0.4) is 0 Å². The molecule has 0 bridgehead atoms. The van der Waals surface area contributed by atoms with Crippen LogP contribution in [-0.4, -0.2) is 24.1 Å². The number of rotatable bonds is 5. The molecule has 0 unspecified atom stereocenters. The molecular weight excluding hydrogens is 290 g/mol.